The summed E-state index contributed by atoms with van der Waals surface area (Å²) >= 11 is 0. The molecule has 0 aliphatic heterocycles. The number of hydrogen-bond acceptors (Lipinski definition) is 3. The summed E-state index contributed by atoms with van der Waals surface area (Å²) in [7, 11) is 0. The van der Waals surface area contributed by atoms with Crippen LogP contribution in [0.15, 0.2) is 18.3 Å². The summed E-state index contributed by atoms with van der Waals surface area (Å²) in [5, 5.41) is 2.91. The third-order valence-corrected chi connectivity index (χ3v) is 3.81. The molecule has 1 saturated carbocycles. The van der Waals surface area contributed by atoms with Crippen LogP contribution in [0.1, 0.15) is 44.6 Å². The predicted octanol–water partition coefficient (Wildman–Crippen LogP) is 2.45. The zero-order valence-electron chi connectivity index (χ0n) is 10.9. The van der Waals surface area contributed by atoms with Gasteiger partial charge in [-0.25, -0.2) is 4.98 Å². The molecular weight excluding hydrogens is 226 g/mol. The molecule has 0 aromatic carbocycles. The Morgan fingerprint density at radius 3 is 2.67 bits per heavy atom. The third kappa shape index (κ3) is 2.88. The van der Waals surface area contributed by atoms with Crippen molar-refractivity contribution in [3.05, 3.63) is 23.9 Å². The molecule has 1 heterocycles. The van der Waals surface area contributed by atoms with E-state index >= 15 is 0 Å². The Bertz CT molecular complexity index is 408. The lowest BCUT2D eigenvalue weighted by molar-refractivity contribution is -0.126. The largest absolute Gasteiger partial charge is 0.326 e. The summed E-state index contributed by atoms with van der Waals surface area (Å²) in [6.07, 6.45) is 7.18. The van der Waals surface area contributed by atoms with E-state index in [2.05, 4.69) is 17.2 Å². The predicted molar refractivity (Wildman–Crippen MR) is 72.0 cm³/mol. The standard InChI is InChI=1S/C14H21N3O/c1-14(7-3-2-4-8-14)13(18)17-12-6-5-11(9-15)10-16-12/h5-6,10H,2-4,7-9,15H2,1H3,(H,16,17,18). The highest BCUT2D eigenvalue weighted by Gasteiger charge is 2.34. The zero-order valence-corrected chi connectivity index (χ0v) is 10.9. The number of hydrogen-bond donors (Lipinski definition) is 2. The number of amides is 1. The fraction of sp³-hybridized carbons (Fsp3) is 0.571. The van der Waals surface area contributed by atoms with Gasteiger partial charge in [0, 0.05) is 18.2 Å². The summed E-state index contributed by atoms with van der Waals surface area (Å²) < 4.78 is 0. The molecule has 0 atom stereocenters. The highest BCUT2D eigenvalue weighted by Crippen LogP contribution is 2.36. The monoisotopic (exact) mass is 247 g/mol. The molecule has 4 heteroatoms. The van der Waals surface area contributed by atoms with E-state index in [0.717, 1.165) is 31.2 Å². The Hall–Kier alpha value is -1.42. The summed E-state index contributed by atoms with van der Waals surface area (Å²) in [4.78, 5) is 16.5. The lowest BCUT2D eigenvalue weighted by atomic mass is 9.75. The van der Waals surface area contributed by atoms with Gasteiger partial charge in [0.05, 0.1) is 0 Å². The minimum Gasteiger partial charge on any atom is -0.326 e. The average Bonchev–Trinajstić information content (AvgIpc) is 2.40. The number of aromatic nitrogens is 1. The molecule has 0 bridgehead atoms. The van der Waals surface area contributed by atoms with Crippen LogP contribution < -0.4 is 11.1 Å². The normalized spacial score (nSPS) is 18.3. The van der Waals surface area contributed by atoms with Gasteiger partial charge < -0.3 is 11.1 Å². The molecule has 1 aromatic rings. The van der Waals surface area contributed by atoms with E-state index in [9.17, 15) is 4.79 Å². The number of carbonyl (C=O) groups excluding carboxylic acids is 1. The minimum absolute atomic E-state index is 0.0928. The molecule has 1 fully saturated rings. The molecule has 1 aromatic heterocycles. The quantitative estimate of drug-likeness (QED) is 0.862. The smallest absolute Gasteiger partial charge is 0.231 e. The Balaban J connectivity index is 2.01. The van der Waals surface area contributed by atoms with Gasteiger partial charge in [-0.1, -0.05) is 32.3 Å². The maximum atomic E-state index is 12.3. The van der Waals surface area contributed by atoms with Crippen LogP contribution >= 0.6 is 0 Å². The van der Waals surface area contributed by atoms with Crippen molar-refractivity contribution in [3.63, 3.8) is 0 Å². The van der Waals surface area contributed by atoms with Gasteiger partial charge in [-0.2, -0.15) is 0 Å². The van der Waals surface area contributed by atoms with Crippen LogP contribution in [0.25, 0.3) is 0 Å². The number of nitrogens with one attached hydrogen (secondary N) is 1. The molecule has 98 valence electrons. The molecule has 0 unspecified atom stereocenters. The number of nitrogens with zero attached hydrogens (tertiary/aromatic N) is 1. The lowest BCUT2D eigenvalue weighted by Crippen LogP contribution is -2.35. The highest BCUT2D eigenvalue weighted by molar-refractivity contribution is 5.94. The van der Waals surface area contributed by atoms with Crippen LogP contribution in [0.3, 0.4) is 0 Å². The van der Waals surface area contributed by atoms with Crippen LogP contribution in [-0.2, 0) is 11.3 Å². The van der Waals surface area contributed by atoms with E-state index in [1.807, 2.05) is 12.1 Å². The zero-order chi connectivity index (χ0) is 13.0. The van der Waals surface area contributed by atoms with Crippen molar-refractivity contribution in [2.75, 3.05) is 5.32 Å². The highest BCUT2D eigenvalue weighted by atomic mass is 16.2. The SMILES string of the molecule is CC1(C(=O)Nc2ccc(CN)cn2)CCCCC1. The Morgan fingerprint density at radius 1 is 1.39 bits per heavy atom. The van der Waals surface area contributed by atoms with Gasteiger partial charge in [-0.05, 0) is 24.5 Å². The van der Waals surface area contributed by atoms with Crippen LogP contribution in [0.4, 0.5) is 5.82 Å². The van der Waals surface area contributed by atoms with Crippen molar-refractivity contribution in [1.29, 1.82) is 0 Å². The fourth-order valence-corrected chi connectivity index (χ4v) is 2.45. The molecule has 0 saturated heterocycles. The number of nitrogens with two attached hydrogens (primary N) is 1. The molecule has 3 N–H and O–H groups in total. The van der Waals surface area contributed by atoms with E-state index < -0.39 is 0 Å². The molecule has 2 rings (SSSR count). The second kappa shape index (κ2) is 5.48. The fourth-order valence-electron chi connectivity index (χ4n) is 2.45. The van der Waals surface area contributed by atoms with E-state index in [-0.39, 0.29) is 11.3 Å². The minimum atomic E-state index is -0.230. The summed E-state index contributed by atoms with van der Waals surface area (Å²) in [5.74, 6) is 0.708. The number of rotatable bonds is 3. The number of carbonyl (C=O) groups is 1. The molecule has 18 heavy (non-hydrogen) atoms. The van der Waals surface area contributed by atoms with Crippen LogP contribution in [0.5, 0.6) is 0 Å². The van der Waals surface area contributed by atoms with E-state index in [4.69, 9.17) is 5.73 Å². The van der Waals surface area contributed by atoms with Gasteiger partial charge in [0.1, 0.15) is 5.82 Å². The summed E-state index contributed by atoms with van der Waals surface area (Å²) in [6, 6.07) is 3.71. The number of anilines is 1. The lowest BCUT2D eigenvalue weighted by Gasteiger charge is -2.31. The van der Waals surface area contributed by atoms with Crippen molar-refractivity contribution in [3.8, 4) is 0 Å². The van der Waals surface area contributed by atoms with Crippen molar-refractivity contribution in [2.24, 2.45) is 11.1 Å². The van der Waals surface area contributed by atoms with Crippen molar-refractivity contribution in [2.45, 2.75) is 45.6 Å². The molecule has 1 aliphatic rings. The number of pyridine rings is 1. The van der Waals surface area contributed by atoms with Crippen molar-refractivity contribution < 1.29 is 4.79 Å². The van der Waals surface area contributed by atoms with Gasteiger partial charge in [0.25, 0.3) is 0 Å². The van der Waals surface area contributed by atoms with Crippen molar-refractivity contribution >= 4 is 11.7 Å². The van der Waals surface area contributed by atoms with Crippen LogP contribution in [-0.4, -0.2) is 10.9 Å². The Morgan fingerprint density at radius 2 is 2.11 bits per heavy atom. The summed E-state index contributed by atoms with van der Waals surface area (Å²) in [6.45, 7) is 2.52. The maximum Gasteiger partial charge on any atom is 0.231 e. The molecule has 4 nitrogen and oxygen atoms in total. The van der Waals surface area contributed by atoms with Crippen LogP contribution in [0.2, 0.25) is 0 Å². The first kappa shape index (κ1) is 13.0. The van der Waals surface area contributed by atoms with E-state index in [0.29, 0.717) is 12.4 Å². The van der Waals surface area contributed by atoms with Gasteiger partial charge in [-0.3, -0.25) is 4.79 Å². The first-order valence-electron chi connectivity index (χ1n) is 6.60. The Labute approximate surface area is 108 Å². The average molecular weight is 247 g/mol. The summed E-state index contributed by atoms with van der Waals surface area (Å²) in [5.41, 5.74) is 6.25. The molecular formula is C14H21N3O. The first-order chi connectivity index (χ1) is 8.64. The topological polar surface area (TPSA) is 68.0 Å². The van der Waals surface area contributed by atoms with E-state index in [1.54, 1.807) is 6.20 Å². The molecule has 1 amide bonds. The van der Waals surface area contributed by atoms with Gasteiger partial charge in [-0.15, -0.1) is 0 Å². The maximum absolute atomic E-state index is 12.3. The first-order valence-corrected chi connectivity index (χ1v) is 6.60. The van der Waals surface area contributed by atoms with Gasteiger partial charge >= 0.3 is 0 Å². The van der Waals surface area contributed by atoms with Gasteiger partial charge in [0.2, 0.25) is 5.91 Å². The second-order valence-corrected chi connectivity index (χ2v) is 5.33. The van der Waals surface area contributed by atoms with Crippen molar-refractivity contribution in [1.82, 2.24) is 4.98 Å². The van der Waals surface area contributed by atoms with Crippen LogP contribution in [0, 0.1) is 5.41 Å². The van der Waals surface area contributed by atoms with Gasteiger partial charge in [0.15, 0.2) is 0 Å². The molecule has 1 aliphatic carbocycles. The second-order valence-electron chi connectivity index (χ2n) is 5.33. The van der Waals surface area contributed by atoms with E-state index in [1.165, 1.54) is 6.42 Å². The third-order valence-electron chi connectivity index (χ3n) is 3.81. The molecule has 0 spiro atoms. The Kier molecular flexibility index (Phi) is 3.97. The molecule has 0 radical (unpaired) electrons.